The predicted molar refractivity (Wildman–Crippen MR) is 59.7 cm³/mol. The van der Waals surface area contributed by atoms with Gasteiger partial charge >= 0.3 is 0 Å². The van der Waals surface area contributed by atoms with Gasteiger partial charge in [0.2, 0.25) is 0 Å². The van der Waals surface area contributed by atoms with Gasteiger partial charge in [-0.25, -0.2) is 0 Å². The molecule has 1 aromatic rings. The minimum absolute atomic E-state index is 0.467. The van der Waals surface area contributed by atoms with E-state index in [1.807, 2.05) is 25.2 Å². The van der Waals surface area contributed by atoms with E-state index in [4.69, 9.17) is 10.5 Å². The average molecular weight is 194 g/mol. The van der Waals surface area contributed by atoms with Crippen LogP contribution in [-0.2, 0) is 0 Å². The summed E-state index contributed by atoms with van der Waals surface area (Å²) in [6, 6.07) is 5.93. The van der Waals surface area contributed by atoms with Gasteiger partial charge in [0.25, 0.3) is 0 Å². The van der Waals surface area contributed by atoms with Gasteiger partial charge in [-0.15, -0.1) is 0 Å². The third-order valence-electron chi connectivity index (χ3n) is 2.34. The lowest BCUT2D eigenvalue weighted by molar-refractivity contribution is 0.416. The molecule has 1 rings (SSSR count). The highest BCUT2D eigenvalue weighted by Crippen LogP contribution is 2.26. The maximum absolute atomic E-state index is 5.73. The number of nitrogen functional groups attached to an aromatic ring is 1. The number of methoxy groups -OCH3 is 1. The molecule has 0 spiro atoms. The molecule has 0 heterocycles. The van der Waals surface area contributed by atoms with Crippen molar-refractivity contribution < 1.29 is 4.74 Å². The molecular formula is C11H18N2O. The predicted octanol–water partition coefficient (Wildman–Crippen LogP) is 1.60. The zero-order valence-electron chi connectivity index (χ0n) is 9.00. The van der Waals surface area contributed by atoms with E-state index in [0.717, 1.165) is 12.3 Å². The van der Waals surface area contributed by atoms with Crippen LogP contribution in [0.4, 0.5) is 5.69 Å². The molecule has 0 amide bonds. The first-order valence-electron chi connectivity index (χ1n) is 4.77. The molecule has 3 heteroatoms. The Balaban J connectivity index is 2.88. The van der Waals surface area contributed by atoms with Gasteiger partial charge in [-0.1, -0.05) is 13.0 Å². The fourth-order valence-corrected chi connectivity index (χ4v) is 1.46. The molecule has 0 aliphatic heterocycles. The number of hydrogen-bond acceptors (Lipinski definition) is 3. The van der Waals surface area contributed by atoms with Crippen molar-refractivity contribution in [2.24, 2.45) is 0 Å². The molecular weight excluding hydrogens is 176 g/mol. The van der Waals surface area contributed by atoms with Gasteiger partial charge < -0.3 is 15.8 Å². The second kappa shape index (κ2) is 4.86. The molecule has 3 N–H and O–H groups in total. The smallest absolute Gasteiger partial charge is 0.142 e. The van der Waals surface area contributed by atoms with Crippen LogP contribution in [0.25, 0.3) is 0 Å². The first-order valence-corrected chi connectivity index (χ1v) is 4.77. The lowest BCUT2D eigenvalue weighted by atomic mass is 10.0. The normalized spacial score (nSPS) is 12.5. The molecule has 1 unspecified atom stereocenters. The van der Waals surface area contributed by atoms with Crippen LogP contribution in [0, 0.1) is 0 Å². The van der Waals surface area contributed by atoms with E-state index in [0.29, 0.717) is 11.6 Å². The SMILES string of the molecule is CNCC(C)c1ccc(N)c(OC)c1. The number of nitrogens with two attached hydrogens (primary N) is 1. The summed E-state index contributed by atoms with van der Waals surface area (Å²) in [5, 5.41) is 3.15. The lowest BCUT2D eigenvalue weighted by Crippen LogP contribution is -2.14. The molecule has 0 saturated carbocycles. The molecule has 1 aromatic carbocycles. The number of likely N-dealkylation sites (N-methyl/N-ethyl adjacent to an activating group) is 1. The zero-order chi connectivity index (χ0) is 10.6. The number of hydrogen-bond donors (Lipinski definition) is 2. The van der Waals surface area contributed by atoms with Crippen LogP contribution in [0.3, 0.4) is 0 Å². The standard InChI is InChI=1S/C11H18N2O/c1-8(7-13-2)9-4-5-10(12)11(6-9)14-3/h4-6,8,13H,7,12H2,1-3H3. The van der Waals surface area contributed by atoms with Crippen molar-refractivity contribution in [3.05, 3.63) is 23.8 Å². The molecule has 0 fully saturated rings. The Morgan fingerprint density at radius 3 is 2.79 bits per heavy atom. The maximum atomic E-state index is 5.73. The van der Waals surface area contributed by atoms with Crippen molar-refractivity contribution in [3.8, 4) is 5.75 Å². The molecule has 0 aliphatic carbocycles. The summed E-state index contributed by atoms with van der Waals surface area (Å²) in [7, 11) is 3.59. The van der Waals surface area contributed by atoms with Crippen LogP contribution in [-0.4, -0.2) is 20.7 Å². The largest absolute Gasteiger partial charge is 0.495 e. The topological polar surface area (TPSA) is 47.3 Å². The van der Waals surface area contributed by atoms with Crippen molar-refractivity contribution in [2.75, 3.05) is 26.4 Å². The number of benzene rings is 1. The average Bonchev–Trinajstić information content (AvgIpc) is 2.19. The summed E-state index contributed by atoms with van der Waals surface area (Å²) in [5.74, 6) is 1.22. The fourth-order valence-electron chi connectivity index (χ4n) is 1.46. The number of nitrogens with one attached hydrogen (secondary N) is 1. The summed E-state index contributed by atoms with van der Waals surface area (Å²) >= 11 is 0. The van der Waals surface area contributed by atoms with Gasteiger partial charge in [-0.3, -0.25) is 0 Å². The molecule has 14 heavy (non-hydrogen) atoms. The summed E-state index contributed by atoms with van der Waals surface area (Å²) in [4.78, 5) is 0. The Morgan fingerprint density at radius 1 is 1.50 bits per heavy atom. The van der Waals surface area contributed by atoms with Gasteiger partial charge in [0.15, 0.2) is 0 Å². The van der Waals surface area contributed by atoms with E-state index in [2.05, 4.69) is 12.2 Å². The van der Waals surface area contributed by atoms with Crippen LogP contribution in [0.2, 0.25) is 0 Å². The van der Waals surface area contributed by atoms with Crippen molar-refractivity contribution >= 4 is 5.69 Å². The fraction of sp³-hybridized carbons (Fsp3) is 0.455. The molecule has 0 aliphatic rings. The molecule has 78 valence electrons. The first kappa shape index (κ1) is 10.9. The van der Waals surface area contributed by atoms with Crippen LogP contribution in [0.5, 0.6) is 5.75 Å². The molecule has 0 radical (unpaired) electrons. The van der Waals surface area contributed by atoms with Crippen LogP contribution >= 0.6 is 0 Å². The molecule has 3 nitrogen and oxygen atoms in total. The van der Waals surface area contributed by atoms with Crippen molar-refractivity contribution in [1.82, 2.24) is 5.32 Å². The van der Waals surface area contributed by atoms with E-state index >= 15 is 0 Å². The van der Waals surface area contributed by atoms with Gasteiger partial charge in [-0.2, -0.15) is 0 Å². The second-order valence-electron chi connectivity index (χ2n) is 3.46. The van der Waals surface area contributed by atoms with Crippen LogP contribution in [0.15, 0.2) is 18.2 Å². The Morgan fingerprint density at radius 2 is 2.21 bits per heavy atom. The molecule has 0 aromatic heterocycles. The molecule has 0 bridgehead atoms. The molecule has 1 atom stereocenters. The van der Waals surface area contributed by atoms with Crippen molar-refractivity contribution in [2.45, 2.75) is 12.8 Å². The van der Waals surface area contributed by atoms with Crippen molar-refractivity contribution in [3.63, 3.8) is 0 Å². The summed E-state index contributed by atoms with van der Waals surface area (Å²) in [6.45, 7) is 3.12. The summed E-state index contributed by atoms with van der Waals surface area (Å²) in [5.41, 5.74) is 7.66. The minimum Gasteiger partial charge on any atom is -0.495 e. The van der Waals surface area contributed by atoms with E-state index in [-0.39, 0.29) is 0 Å². The number of rotatable bonds is 4. The monoisotopic (exact) mass is 194 g/mol. The number of anilines is 1. The summed E-state index contributed by atoms with van der Waals surface area (Å²) < 4.78 is 5.17. The maximum Gasteiger partial charge on any atom is 0.142 e. The van der Waals surface area contributed by atoms with Gasteiger partial charge in [0.05, 0.1) is 12.8 Å². The Labute approximate surface area is 85.3 Å². The van der Waals surface area contributed by atoms with Crippen LogP contribution < -0.4 is 15.8 Å². The zero-order valence-corrected chi connectivity index (χ0v) is 9.00. The van der Waals surface area contributed by atoms with Gasteiger partial charge in [-0.05, 0) is 30.7 Å². The third kappa shape index (κ3) is 2.39. The quantitative estimate of drug-likeness (QED) is 0.716. The third-order valence-corrected chi connectivity index (χ3v) is 2.34. The highest BCUT2D eigenvalue weighted by atomic mass is 16.5. The van der Waals surface area contributed by atoms with E-state index in [1.165, 1.54) is 5.56 Å². The highest BCUT2D eigenvalue weighted by Gasteiger charge is 2.07. The Hall–Kier alpha value is -1.22. The summed E-state index contributed by atoms with van der Waals surface area (Å²) in [6.07, 6.45) is 0. The van der Waals surface area contributed by atoms with Crippen molar-refractivity contribution in [1.29, 1.82) is 0 Å². The molecule has 0 saturated heterocycles. The highest BCUT2D eigenvalue weighted by molar-refractivity contribution is 5.54. The van der Waals surface area contributed by atoms with E-state index in [1.54, 1.807) is 7.11 Å². The first-order chi connectivity index (χ1) is 6.69. The second-order valence-corrected chi connectivity index (χ2v) is 3.46. The lowest BCUT2D eigenvalue weighted by Gasteiger charge is -2.13. The van der Waals surface area contributed by atoms with E-state index in [9.17, 15) is 0 Å². The number of ether oxygens (including phenoxy) is 1. The Kier molecular flexibility index (Phi) is 3.77. The minimum atomic E-state index is 0.467. The van der Waals surface area contributed by atoms with Crippen LogP contribution in [0.1, 0.15) is 18.4 Å². The van der Waals surface area contributed by atoms with E-state index < -0.39 is 0 Å². The van der Waals surface area contributed by atoms with Gasteiger partial charge in [0, 0.05) is 6.54 Å². The Bertz CT molecular complexity index is 299. The van der Waals surface area contributed by atoms with Gasteiger partial charge in [0.1, 0.15) is 5.75 Å².